The van der Waals surface area contributed by atoms with Crippen LogP contribution in [0.1, 0.15) is 12.0 Å². The quantitative estimate of drug-likeness (QED) is 0.840. The first-order valence-corrected chi connectivity index (χ1v) is 9.50. The summed E-state index contributed by atoms with van der Waals surface area (Å²) in [7, 11) is 0. The maximum atomic E-state index is 12.6. The molecule has 4 rings (SSSR count). The van der Waals surface area contributed by atoms with Crippen LogP contribution in [0.15, 0.2) is 59.7 Å². The monoisotopic (exact) mass is 365 g/mol. The summed E-state index contributed by atoms with van der Waals surface area (Å²) in [5, 5.41) is 15.6. The second-order valence-corrected chi connectivity index (χ2v) is 7.11. The van der Waals surface area contributed by atoms with Crippen molar-refractivity contribution in [1.82, 2.24) is 5.01 Å². The van der Waals surface area contributed by atoms with Crippen molar-refractivity contribution >= 4 is 17.3 Å². The topological polar surface area (TPSA) is 60.6 Å². The molecule has 0 atom stereocenters. The molecule has 2 heterocycles. The zero-order valence-electron chi connectivity index (χ0n) is 15.3. The van der Waals surface area contributed by atoms with Gasteiger partial charge in [-0.25, -0.2) is 5.01 Å². The molecule has 27 heavy (non-hydrogen) atoms. The molecule has 1 fully saturated rings. The lowest BCUT2D eigenvalue weighted by molar-refractivity contribution is -0.892. The first-order chi connectivity index (χ1) is 13.2. The van der Waals surface area contributed by atoms with Crippen LogP contribution < -0.4 is 9.80 Å². The molecule has 0 saturated carbocycles. The molecule has 0 aliphatic carbocycles. The SMILES string of the molecule is O=C(C[NH+]1CCN(c2ccc(O)cc2)CC1)N1CCC(c2ccccc2)=N1. The zero-order valence-corrected chi connectivity index (χ0v) is 15.3. The highest BCUT2D eigenvalue weighted by Crippen LogP contribution is 2.18. The predicted octanol–water partition coefficient (Wildman–Crippen LogP) is 0.734. The van der Waals surface area contributed by atoms with E-state index in [1.165, 1.54) is 4.90 Å². The summed E-state index contributed by atoms with van der Waals surface area (Å²) in [6.45, 7) is 4.84. The summed E-state index contributed by atoms with van der Waals surface area (Å²) in [5.74, 6) is 0.392. The minimum Gasteiger partial charge on any atom is -0.508 e. The predicted molar refractivity (Wildman–Crippen MR) is 105 cm³/mol. The number of aromatic hydroxyl groups is 1. The summed E-state index contributed by atoms with van der Waals surface area (Å²) in [6.07, 6.45) is 0.819. The van der Waals surface area contributed by atoms with Crippen LogP contribution in [-0.4, -0.2) is 61.0 Å². The average Bonchev–Trinajstić information content (AvgIpc) is 3.20. The number of carbonyl (C=O) groups excluding carboxylic acids is 1. The van der Waals surface area contributed by atoms with E-state index in [9.17, 15) is 9.90 Å². The minimum absolute atomic E-state index is 0.106. The fourth-order valence-corrected chi connectivity index (χ4v) is 3.70. The van der Waals surface area contributed by atoms with Crippen LogP contribution in [0.25, 0.3) is 0 Å². The molecule has 2 aliphatic heterocycles. The second kappa shape index (κ2) is 7.80. The molecule has 2 aromatic rings. The lowest BCUT2D eigenvalue weighted by Gasteiger charge is -2.33. The molecule has 2 aliphatic rings. The molecule has 2 N–H and O–H groups in total. The molecular formula is C21H25N4O2+. The molecule has 1 saturated heterocycles. The number of piperazine rings is 1. The summed E-state index contributed by atoms with van der Waals surface area (Å²) >= 11 is 0. The molecule has 6 heteroatoms. The molecule has 0 radical (unpaired) electrons. The Morgan fingerprint density at radius 2 is 1.70 bits per heavy atom. The third-order valence-corrected chi connectivity index (χ3v) is 5.28. The molecule has 2 aromatic carbocycles. The van der Waals surface area contributed by atoms with E-state index in [1.54, 1.807) is 17.1 Å². The van der Waals surface area contributed by atoms with Crippen LogP contribution in [0.4, 0.5) is 5.69 Å². The number of nitrogens with zero attached hydrogens (tertiary/aromatic N) is 3. The lowest BCUT2D eigenvalue weighted by Crippen LogP contribution is -3.15. The van der Waals surface area contributed by atoms with Gasteiger partial charge in [-0.2, -0.15) is 5.10 Å². The van der Waals surface area contributed by atoms with Gasteiger partial charge in [-0.05, 0) is 29.8 Å². The van der Waals surface area contributed by atoms with E-state index in [1.807, 2.05) is 42.5 Å². The molecule has 0 unspecified atom stereocenters. The summed E-state index contributed by atoms with van der Waals surface area (Å²) in [4.78, 5) is 16.2. The number of nitrogens with one attached hydrogen (secondary N) is 1. The highest BCUT2D eigenvalue weighted by molar-refractivity contribution is 6.02. The van der Waals surface area contributed by atoms with E-state index >= 15 is 0 Å². The molecular weight excluding hydrogens is 340 g/mol. The number of phenols is 1. The fraction of sp³-hybridized carbons (Fsp3) is 0.333. The van der Waals surface area contributed by atoms with E-state index in [0.717, 1.165) is 49.6 Å². The van der Waals surface area contributed by atoms with Crippen molar-refractivity contribution in [3.05, 3.63) is 60.2 Å². The van der Waals surface area contributed by atoms with Crippen LogP contribution in [0.2, 0.25) is 0 Å². The van der Waals surface area contributed by atoms with Gasteiger partial charge in [-0.3, -0.25) is 4.79 Å². The number of hydrazone groups is 1. The Balaban J connectivity index is 1.30. The third kappa shape index (κ3) is 4.11. The zero-order chi connectivity index (χ0) is 18.6. The van der Waals surface area contributed by atoms with Crippen molar-refractivity contribution in [3.63, 3.8) is 0 Å². The average molecular weight is 365 g/mol. The third-order valence-electron chi connectivity index (χ3n) is 5.28. The normalized spacial score (nSPS) is 17.9. The minimum atomic E-state index is 0.106. The van der Waals surface area contributed by atoms with Crippen molar-refractivity contribution in [2.45, 2.75) is 6.42 Å². The molecule has 0 aromatic heterocycles. The first kappa shape index (κ1) is 17.5. The van der Waals surface area contributed by atoms with Crippen LogP contribution in [0.3, 0.4) is 0 Å². The number of rotatable bonds is 4. The maximum Gasteiger partial charge on any atom is 0.297 e. The van der Waals surface area contributed by atoms with Crippen LogP contribution in [-0.2, 0) is 4.79 Å². The number of benzene rings is 2. The van der Waals surface area contributed by atoms with Crippen LogP contribution >= 0.6 is 0 Å². The Morgan fingerprint density at radius 1 is 1.00 bits per heavy atom. The van der Waals surface area contributed by atoms with Gasteiger partial charge in [0.2, 0.25) is 0 Å². The molecule has 0 spiro atoms. The van der Waals surface area contributed by atoms with Gasteiger partial charge in [-0.1, -0.05) is 30.3 Å². The van der Waals surface area contributed by atoms with Crippen molar-refractivity contribution in [2.24, 2.45) is 5.10 Å². The van der Waals surface area contributed by atoms with Gasteiger partial charge in [0.15, 0.2) is 6.54 Å². The number of anilines is 1. The van der Waals surface area contributed by atoms with Gasteiger partial charge in [0.1, 0.15) is 5.75 Å². The van der Waals surface area contributed by atoms with Crippen molar-refractivity contribution < 1.29 is 14.8 Å². The Morgan fingerprint density at radius 3 is 2.41 bits per heavy atom. The Labute approximate surface area is 159 Å². The van der Waals surface area contributed by atoms with Gasteiger partial charge < -0.3 is 14.9 Å². The Bertz CT molecular complexity index is 812. The van der Waals surface area contributed by atoms with Gasteiger partial charge in [0.25, 0.3) is 5.91 Å². The fourth-order valence-electron chi connectivity index (χ4n) is 3.70. The van der Waals surface area contributed by atoms with Crippen LogP contribution in [0, 0.1) is 0 Å². The molecule has 1 amide bonds. The van der Waals surface area contributed by atoms with Crippen molar-refractivity contribution in [1.29, 1.82) is 0 Å². The smallest absolute Gasteiger partial charge is 0.297 e. The van der Waals surface area contributed by atoms with Gasteiger partial charge in [-0.15, -0.1) is 0 Å². The first-order valence-electron chi connectivity index (χ1n) is 9.50. The van der Waals surface area contributed by atoms with Crippen LogP contribution in [0.5, 0.6) is 5.75 Å². The number of quaternary nitrogens is 1. The molecule has 6 nitrogen and oxygen atoms in total. The van der Waals surface area contributed by atoms with Crippen molar-refractivity contribution in [3.8, 4) is 5.75 Å². The summed E-state index contributed by atoms with van der Waals surface area (Å²) in [6, 6.07) is 17.4. The highest BCUT2D eigenvalue weighted by Gasteiger charge is 2.27. The molecule has 140 valence electrons. The summed E-state index contributed by atoms with van der Waals surface area (Å²) < 4.78 is 0. The molecule has 0 bridgehead atoms. The second-order valence-electron chi connectivity index (χ2n) is 7.11. The van der Waals surface area contributed by atoms with Gasteiger partial charge in [0.05, 0.1) is 38.4 Å². The van der Waals surface area contributed by atoms with E-state index in [4.69, 9.17) is 0 Å². The van der Waals surface area contributed by atoms with E-state index in [-0.39, 0.29) is 11.7 Å². The largest absolute Gasteiger partial charge is 0.508 e. The lowest BCUT2D eigenvalue weighted by atomic mass is 10.1. The summed E-state index contributed by atoms with van der Waals surface area (Å²) in [5.41, 5.74) is 3.22. The van der Waals surface area contributed by atoms with E-state index in [2.05, 4.69) is 10.0 Å². The Hall–Kier alpha value is -2.86. The number of hydrogen-bond acceptors (Lipinski definition) is 4. The van der Waals surface area contributed by atoms with E-state index in [0.29, 0.717) is 13.1 Å². The number of amides is 1. The number of phenolic OH excluding ortho intramolecular Hbond substituents is 1. The van der Waals surface area contributed by atoms with Gasteiger partial charge >= 0.3 is 0 Å². The van der Waals surface area contributed by atoms with Crippen molar-refractivity contribution in [2.75, 3.05) is 44.2 Å². The maximum absolute atomic E-state index is 12.6. The van der Waals surface area contributed by atoms with Gasteiger partial charge in [0, 0.05) is 12.1 Å². The Kier molecular flexibility index (Phi) is 5.07. The number of carbonyl (C=O) groups is 1. The number of hydrogen-bond donors (Lipinski definition) is 2. The van der Waals surface area contributed by atoms with E-state index < -0.39 is 0 Å². The highest BCUT2D eigenvalue weighted by atomic mass is 16.3. The standard InChI is InChI=1S/C21H24N4O2/c26-19-8-6-18(7-9-19)24-14-12-23(13-15-24)16-21(27)25-11-10-20(22-25)17-4-2-1-3-5-17/h1-9,26H,10-16H2/p+1.